The van der Waals surface area contributed by atoms with Gasteiger partial charge < -0.3 is 24.0 Å². The van der Waals surface area contributed by atoms with Crippen molar-refractivity contribution in [1.29, 1.82) is 0 Å². The summed E-state index contributed by atoms with van der Waals surface area (Å²) < 4.78 is 24.7. The SMILES string of the molecule is COP(=O)([O-])OCCNC(=O)OCC1[C@H]2CCC#CCC[C@@H]12. The second-order valence-corrected chi connectivity index (χ2v) is 6.93. The Labute approximate surface area is 130 Å². The number of carbonyl (C=O) groups excluding carboxylic acids is 1. The van der Waals surface area contributed by atoms with E-state index in [1.165, 1.54) is 0 Å². The topological polar surface area (TPSA) is 96.9 Å². The maximum atomic E-state index is 11.5. The predicted molar refractivity (Wildman–Crippen MR) is 76.6 cm³/mol. The van der Waals surface area contributed by atoms with Crippen LogP contribution in [0.4, 0.5) is 4.79 Å². The molecular weight excluding hydrogens is 309 g/mol. The van der Waals surface area contributed by atoms with Gasteiger partial charge in [-0.2, -0.15) is 0 Å². The van der Waals surface area contributed by atoms with Gasteiger partial charge in [0, 0.05) is 26.5 Å². The zero-order chi connectivity index (χ0) is 16.0. The number of phosphoric ester groups is 1. The normalized spacial score (nSPS) is 28.9. The third-order valence-electron chi connectivity index (χ3n) is 4.09. The van der Waals surface area contributed by atoms with Crippen molar-refractivity contribution >= 4 is 13.9 Å². The van der Waals surface area contributed by atoms with Gasteiger partial charge in [-0.1, -0.05) is 0 Å². The Morgan fingerprint density at radius 2 is 1.95 bits per heavy atom. The number of ether oxygens (including phenoxy) is 1. The summed E-state index contributed by atoms with van der Waals surface area (Å²) in [5.41, 5.74) is 0. The average molecular weight is 330 g/mol. The summed E-state index contributed by atoms with van der Waals surface area (Å²) in [7, 11) is -3.22. The minimum Gasteiger partial charge on any atom is -0.756 e. The first kappa shape index (κ1) is 17.3. The molecule has 8 heteroatoms. The minimum absolute atomic E-state index is 0.0415. The van der Waals surface area contributed by atoms with Crippen molar-refractivity contribution < 1.29 is 28.0 Å². The standard InChI is InChI=1S/C14H22NO6P/c1-19-22(17,18)21-9-8-15-14(16)20-10-13-11-6-4-2-3-5-7-12(11)13/h11-13H,4-10H2,1H3,(H,15,16)(H,17,18)/p-1/t11-,12+,13?. The number of hydrogen-bond donors (Lipinski definition) is 1. The molecule has 1 N–H and O–H groups in total. The number of phosphoric acid groups is 1. The van der Waals surface area contributed by atoms with E-state index in [0.29, 0.717) is 24.4 Å². The summed E-state index contributed by atoms with van der Waals surface area (Å²) >= 11 is 0. The highest BCUT2D eigenvalue weighted by Crippen LogP contribution is 2.52. The highest BCUT2D eigenvalue weighted by Gasteiger charge is 2.49. The Kier molecular flexibility index (Phi) is 6.27. The fourth-order valence-electron chi connectivity index (χ4n) is 2.87. The predicted octanol–water partition coefficient (Wildman–Crippen LogP) is 1.28. The molecule has 0 aromatic rings. The molecule has 0 aromatic heterocycles. The van der Waals surface area contributed by atoms with Crippen LogP contribution in [-0.4, -0.2) is 33.0 Å². The Morgan fingerprint density at radius 1 is 1.32 bits per heavy atom. The number of amides is 1. The van der Waals surface area contributed by atoms with Gasteiger partial charge in [0.2, 0.25) is 0 Å². The number of nitrogens with one attached hydrogen (secondary N) is 1. The summed E-state index contributed by atoms with van der Waals surface area (Å²) in [5, 5.41) is 2.44. The van der Waals surface area contributed by atoms with Crippen molar-refractivity contribution in [1.82, 2.24) is 5.32 Å². The first-order chi connectivity index (χ1) is 10.5. The second kappa shape index (κ2) is 7.98. The molecule has 0 bridgehead atoms. The van der Waals surface area contributed by atoms with Crippen molar-refractivity contribution in [3.8, 4) is 11.8 Å². The van der Waals surface area contributed by atoms with E-state index in [0.717, 1.165) is 32.8 Å². The molecule has 2 aliphatic carbocycles. The van der Waals surface area contributed by atoms with Crippen LogP contribution in [0.2, 0.25) is 0 Å². The number of rotatable bonds is 7. The van der Waals surface area contributed by atoms with E-state index in [4.69, 9.17) is 4.74 Å². The van der Waals surface area contributed by atoms with E-state index in [2.05, 4.69) is 26.2 Å². The monoisotopic (exact) mass is 330 g/mol. The summed E-state index contributed by atoms with van der Waals surface area (Å²) in [4.78, 5) is 22.4. The van der Waals surface area contributed by atoms with Crippen LogP contribution in [0.1, 0.15) is 25.7 Å². The fourth-order valence-corrected chi connectivity index (χ4v) is 3.29. The molecule has 0 radical (unpaired) electrons. The smallest absolute Gasteiger partial charge is 0.407 e. The molecule has 4 atom stereocenters. The molecule has 7 nitrogen and oxygen atoms in total. The maximum Gasteiger partial charge on any atom is 0.407 e. The van der Waals surface area contributed by atoms with Gasteiger partial charge in [-0.3, -0.25) is 4.57 Å². The molecule has 0 spiro atoms. The zero-order valence-corrected chi connectivity index (χ0v) is 13.5. The van der Waals surface area contributed by atoms with Crippen molar-refractivity contribution in [2.75, 3.05) is 26.9 Å². The summed E-state index contributed by atoms with van der Waals surface area (Å²) in [6.45, 7) is 0.260. The van der Waals surface area contributed by atoms with Crippen LogP contribution in [-0.2, 0) is 18.3 Å². The summed E-state index contributed by atoms with van der Waals surface area (Å²) in [6, 6.07) is 0. The zero-order valence-electron chi connectivity index (χ0n) is 12.6. The highest BCUT2D eigenvalue weighted by molar-refractivity contribution is 7.45. The van der Waals surface area contributed by atoms with E-state index < -0.39 is 13.9 Å². The molecule has 0 heterocycles. The van der Waals surface area contributed by atoms with Crippen molar-refractivity contribution in [3.63, 3.8) is 0 Å². The van der Waals surface area contributed by atoms with Crippen molar-refractivity contribution in [3.05, 3.63) is 0 Å². The maximum absolute atomic E-state index is 11.5. The second-order valence-electron chi connectivity index (χ2n) is 5.41. The molecular formula is C14H21NO6P-. The molecule has 1 saturated carbocycles. The Morgan fingerprint density at radius 3 is 2.55 bits per heavy atom. The first-order valence-electron chi connectivity index (χ1n) is 7.41. The number of fused-ring (bicyclic) bond motifs is 1. The Balaban J connectivity index is 1.56. The van der Waals surface area contributed by atoms with E-state index in [1.54, 1.807) is 0 Å². The molecule has 124 valence electrons. The third kappa shape index (κ3) is 5.29. The van der Waals surface area contributed by atoms with E-state index in [-0.39, 0.29) is 13.2 Å². The average Bonchev–Trinajstić information content (AvgIpc) is 3.11. The lowest BCUT2D eigenvalue weighted by Crippen LogP contribution is -2.29. The van der Waals surface area contributed by atoms with Crippen LogP contribution in [0.5, 0.6) is 0 Å². The molecule has 1 fully saturated rings. The van der Waals surface area contributed by atoms with Crippen LogP contribution < -0.4 is 10.2 Å². The third-order valence-corrected chi connectivity index (χ3v) is 5.04. The van der Waals surface area contributed by atoms with Gasteiger partial charge in [0.25, 0.3) is 7.82 Å². The van der Waals surface area contributed by atoms with Gasteiger partial charge in [0.05, 0.1) is 13.2 Å². The Bertz CT molecular complexity index is 481. The van der Waals surface area contributed by atoms with E-state index in [1.807, 2.05) is 0 Å². The molecule has 0 aromatic carbocycles. The quantitative estimate of drug-likeness (QED) is 0.429. The fraction of sp³-hybridized carbons (Fsp3) is 0.786. The minimum atomic E-state index is -4.23. The number of alkyl carbamates (subject to hydrolysis) is 1. The Hall–Kier alpha value is -1.06. The van der Waals surface area contributed by atoms with Gasteiger partial charge in [0.15, 0.2) is 0 Å². The molecule has 2 rings (SSSR count). The van der Waals surface area contributed by atoms with Gasteiger partial charge in [-0.25, -0.2) is 4.79 Å². The summed E-state index contributed by atoms with van der Waals surface area (Å²) in [6.07, 6.45) is 3.46. The van der Waals surface area contributed by atoms with Crippen LogP contribution >= 0.6 is 7.82 Å². The highest BCUT2D eigenvalue weighted by atomic mass is 31.2. The lowest BCUT2D eigenvalue weighted by molar-refractivity contribution is -0.222. The molecule has 2 unspecified atom stereocenters. The largest absolute Gasteiger partial charge is 0.756 e. The van der Waals surface area contributed by atoms with Gasteiger partial charge in [-0.05, 0) is 30.6 Å². The van der Waals surface area contributed by atoms with Crippen LogP contribution in [0.25, 0.3) is 0 Å². The van der Waals surface area contributed by atoms with Crippen LogP contribution in [0.15, 0.2) is 0 Å². The lowest BCUT2D eigenvalue weighted by atomic mass is 10.1. The summed E-state index contributed by atoms with van der Waals surface area (Å²) in [5.74, 6) is 7.95. The lowest BCUT2D eigenvalue weighted by Gasteiger charge is -2.20. The molecule has 0 saturated heterocycles. The molecule has 0 aliphatic heterocycles. The van der Waals surface area contributed by atoms with E-state index in [9.17, 15) is 14.3 Å². The molecule has 2 aliphatic rings. The number of carbonyl (C=O) groups is 1. The molecule has 1 amide bonds. The van der Waals surface area contributed by atoms with Gasteiger partial charge in [0.1, 0.15) is 0 Å². The van der Waals surface area contributed by atoms with Gasteiger partial charge >= 0.3 is 6.09 Å². The number of hydrogen-bond acceptors (Lipinski definition) is 6. The van der Waals surface area contributed by atoms with E-state index >= 15 is 0 Å². The molecule has 22 heavy (non-hydrogen) atoms. The van der Waals surface area contributed by atoms with Crippen LogP contribution in [0, 0.1) is 29.6 Å². The van der Waals surface area contributed by atoms with Crippen molar-refractivity contribution in [2.45, 2.75) is 25.7 Å². The first-order valence-corrected chi connectivity index (χ1v) is 8.87. The van der Waals surface area contributed by atoms with Crippen molar-refractivity contribution in [2.24, 2.45) is 17.8 Å². The van der Waals surface area contributed by atoms with Crippen LogP contribution in [0.3, 0.4) is 0 Å². The van der Waals surface area contributed by atoms with Gasteiger partial charge in [-0.15, -0.1) is 11.8 Å².